The van der Waals surface area contributed by atoms with Crippen molar-refractivity contribution in [3.8, 4) is 0 Å². The van der Waals surface area contributed by atoms with E-state index in [0.717, 1.165) is 11.1 Å². The van der Waals surface area contributed by atoms with Crippen molar-refractivity contribution in [3.05, 3.63) is 46.8 Å². The summed E-state index contributed by atoms with van der Waals surface area (Å²) in [7, 11) is -6.83. The molecule has 1 aliphatic rings. The first kappa shape index (κ1) is 19.1. The molecule has 1 aromatic heterocycles. The summed E-state index contributed by atoms with van der Waals surface area (Å²) in [5.74, 6) is 0.120. The minimum Gasteiger partial charge on any atom is -0.264 e. The Morgan fingerprint density at radius 1 is 1.19 bits per heavy atom. The quantitative estimate of drug-likeness (QED) is 0.827. The predicted octanol–water partition coefficient (Wildman–Crippen LogP) is 1.65. The molecule has 1 saturated heterocycles. The molecule has 0 radical (unpaired) electrons. The molecule has 7 nitrogen and oxygen atoms in total. The zero-order valence-electron chi connectivity index (χ0n) is 15.1. The lowest BCUT2D eigenvalue weighted by Gasteiger charge is -2.12. The van der Waals surface area contributed by atoms with Gasteiger partial charge in [-0.05, 0) is 32.8 Å². The second-order valence-corrected chi connectivity index (χ2v) is 10.7. The summed E-state index contributed by atoms with van der Waals surface area (Å²) in [5, 5.41) is 4.32. The van der Waals surface area contributed by atoms with Crippen LogP contribution in [0.2, 0.25) is 0 Å². The van der Waals surface area contributed by atoms with Crippen LogP contribution in [-0.4, -0.2) is 38.1 Å². The standard InChI is InChI=1S/C17H23N3O4S2/c1-12-4-6-15(7-5-12)10-18-26(23,24)17-13(2)19-20(14(17)3)16-8-9-25(21,22)11-16/h4-7,16,18H,8-11H2,1-3H3/t16-/m1/s1. The van der Waals surface area contributed by atoms with Crippen molar-refractivity contribution in [2.45, 2.75) is 44.7 Å². The minimum absolute atomic E-state index is 0.00520. The van der Waals surface area contributed by atoms with Crippen LogP contribution in [0, 0.1) is 20.8 Å². The molecular formula is C17H23N3O4S2. The fourth-order valence-corrected chi connectivity index (χ4v) is 6.42. The van der Waals surface area contributed by atoms with Crippen LogP contribution in [0.15, 0.2) is 29.2 Å². The highest BCUT2D eigenvalue weighted by Gasteiger charge is 2.33. The van der Waals surface area contributed by atoms with Gasteiger partial charge in [-0.3, -0.25) is 4.68 Å². The van der Waals surface area contributed by atoms with E-state index >= 15 is 0 Å². The van der Waals surface area contributed by atoms with Crippen LogP contribution in [0.5, 0.6) is 0 Å². The van der Waals surface area contributed by atoms with Crippen molar-refractivity contribution in [1.29, 1.82) is 0 Å². The molecule has 1 atom stereocenters. The maximum absolute atomic E-state index is 12.8. The monoisotopic (exact) mass is 397 g/mol. The van der Waals surface area contributed by atoms with Gasteiger partial charge in [0, 0.05) is 6.54 Å². The van der Waals surface area contributed by atoms with Gasteiger partial charge in [0.15, 0.2) is 9.84 Å². The molecule has 1 aromatic carbocycles. The maximum atomic E-state index is 12.8. The van der Waals surface area contributed by atoms with Crippen LogP contribution in [0.1, 0.15) is 35.0 Å². The fraction of sp³-hybridized carbons (Fsp3) is 0.471. The predicted molar refractivity (Wildman–Crippen MR) is 99.2 cm³/mol. The van der Waals surface area contributed by atoms with E-state index < -0.39 is 19.9 Å². The third-order valence-electron chi connectivity index (χ3n) is 4.67. The first-order valence-corrected chi connectivity index (χ1v) is 11.7. The Bertz CT molecular complexity index is 1020. The lowest BCUT2D eigenvalue weighted by molar-refractivity contribution is 0.484. The summed E-state index contributed by atoms with van der Waals surface area (Å²) < 4.78 is 53.2. The summed E-state index contributed by atoms with van der Waals surface area (Å²) in [6, 6.07) is 7.31. The first-order chi connectivity index (χ1) is 12.1. The minimum atomic E-state index is -3.75. The number of hydrogen-bond acceptors (Lipinski definition) is 5. The van der Waals surface area contributed by atoms with Crippen molar-refractivity contribution in [2.75, 3.05) is 11.5 Å². The smallest absolute Gasteiger partial charge is 0.244 e. The molecule has 0 bridgehead atoms. The Kier molecular flexibility index (Phi) is 4.98. The van der Waals surface area contributed by atoms with Crippen LogP contribution in [0.3, 0.4) is 0 Å². The SMILES string of the molecule is Cc1ccc(CNS(=O)(=O)c2c(C)nn([C@@H]3CCS(=O)(=O)C3)c2C)cc1. The average Bonchev–Trinajstić information content (AvgIpc) is 3.06. The van der Waals surface area contributed by atoms with Crippen molar-refractivity contribution in [3.63, 3.8) is 0 Å². The summed E-state index contributed by atoms with van der Waals surface area (Å²) in [6.07, 6.45) is 0.459. The Hall–Kier alpha value is -1.71. The number of sulfonamides is 1. The second kappa shape index (κ2) is 6.79. The Morgan fingerprint density at radius 2 is 1.85 bits per heavy atom. The lowest BCUT2D eigenvalue weighted by atomic mass is 10.2. The highest BCUT2D eigenvalue weighted by Crippen LogP contribution is 2.28. The molecular weight excluding hydrogens is 374 g/mol. The summed E-state index contributed by atoms with van der Waals surface area (Å²) >= 11 is 0. The molecule has 142 valence electrons. The van der Waals surface area contributed by atoms with Gasteiger partial charge in [-0.1, -0.05) is 29.8 Å². The number of hydrogen-bond donors (Lipinski definition) is 1. The number of sulfone groups is 1. The summed E-state index contributed by atoms with van der Waals surface area (Å²) in [6.45, 7) is 5.46. The topological polar surface area (TPSA) is 98.1 Å². The Balaban J connectivity index is 1.85. The molecule has 9 heteroatoms. The van der Waals surface area contributed by atoms with Crippen molar-refractivity contribution >= 4 is 19.9 Å². The van der Waals surface area contributed by atoms with Crippen LogP contribution in [0.4, 0.5) is 0 Å². The molecule has 1 N–H and O–H groups in total. The van der Waals surface area contributed by atoms with Crippen LogP contribution >= 0.6 is 0 Å². The molecule has 0 spiro atoms. The van der Waals surface area contributed by atoms with E-state index in [2.05, 4.69) is 9.82 Å². The fourth-order valence-electron chi connectivity index (χ4n) is 3.32. The van der Waals surface area contributed by atoms with Crippen molar-refractivity contribution in [2.24, 2.45) is 0 Å². The summed E-state index contributed by atoms with van der Waals surface area (Å²) in [4.78, 5) is 0.133. The second-order valence-electron chi connectivity index (χ2n) is 6.81. The normalized spacial score (nSPS) is 19.7. The third-order valence-corrected chi connectivity index (χ3v) is 8.07. The number of nitrogens with zero attached hydrogens (tertiary/aromatic N) is 2. The van der Waals surface area contributed by atoms with Crippen LogP contribution < -0.4 is 4.72 Å². The van der Waals surface area contributed by atoms with Gasteiger partial charge in [0.25, 0.3) is 0 Å². The molecule has 3 rings (SSSR count). The van der Waals surface area contributed by atoms with Crippen molar-refractivity contribution in [1.82, 2.24) is 14.5 Å². The van der Waals surface area contributed by atoms with Gasteiger partial charge in [0.05, 0.1) is 28.9 Å². The first-order valence-electron chi connectivity index (χ1n) is 8.40. The number of rotatable bonds is 5. The molecule has 1 fully saturated rings. The summed E-state index contributed by atoms with van der Waals surface area (Å²) in [5.41, 5.74) is 2.82. The zero-order chi connectivity index (χ0) is 19.1. The number of nitrogens with one attached hydrogen (secondary N) is 1. The Morgan fingerprint density at radius 3 is 2.42 bits per heavy atom. The number of benzene rings is 1. The van der Waals surface area contributed by atoms with Gasteiger partial charge >= 0.3 is 0 Å². The van der Waals surface area contributed by atoms with Gasteiger partial charge in [-0.25, -0.2) is 21.6 Å². The number of aryl methyl sites for hydroxylation is 2. The zero-order valence-corrected chi connectivity index (χ0v) is 16.7. The average molecular weight is 398 g/mol. The van der Waals surface area contributed by atoms with Gasteiger partial charge in [0.1, 0.15) is 4.90 Å². The number of aromatic nitrogens is 2. The Labute approximate surface area is 154 Å². The van der Waals surface area contributed by atoms with Gasteiger partial charge < -0.3 is 0 Å². The van der Waals surface area contributed by atoms with Crippen LogP contribution in [0.25, 0.3) is 0 Å². The van der Waals surface area contributed by atoms with E-state index in [1.807, 2.05) is 31.2 Å². The van der Waals surface area contributed by atoms with E-state index in [1.165, 1.54) is 0 Å². The highest BCUT2D eigenvalue weighted by molar-refractivity contribution is 7.91. The third kappa shape index (κ3) is 3.84. The molecule has 1 aliphatic heterocycles. The molecule has 26 heavy (non-hydrogen) atoms. The van der Waals surface area contributed by atoms with Gasteiger partial charge in [-0.2, -0.15) is 5.10 Å². The largest absolute Gasteiger partial charge is 0.264 e. The van der Waals surface area contributed by atoms with Gasteiger partial charge in [0.2, 0.25) is 10.0 Å². The van der Waals surface area contributed by atoms with E-state index in [1.54, 1.807) is 18.5 Å². The van der Waals surface area contributed by atoms with E-state index in [0.29, 0.717) is 17.8 Å². The molecule has 2 heterocycles. The van der Waals surface area contributed by atoms with E-state index in [4.69, 9.17) is 0 Å². The lowest BCUT2D eigenvalue weighted by Crippen LogP contribution is -2.24. The van der Waals surface area contributed by atoms with E-state index in [-0.39, 0.29) is 29.0 Å². The van der Waals surface area contributed by atoms with Crippen molar-refractivity contribution < 1.29 is 16.8 Å². The molecule has 0 saturated carbocycles. The highest BCUT2D eigenvalue weighted by atomic mass is 32.2. The van der Waals surface area contributed by atoms with Gasteiger partial charge in [-0.15, -0.1) is 0 Å². The molecule has 0 aliphatic carbocycles. The maximum Gasteiger partial charge on any atom is 0.244 e. The van der Waals surface area contributed by atoms with Crippen LogP contribution in [-0.2, 0) is 26.4 Å². The van der Waals surface area contributed by atoms with E-state index in [9.17, 15) is 16.8 Å². The molecule has 2 aromatic rings. The molecule has 0 amide bonds. The molecule has 0 unspecified atom stereocenters.